The molecule has 0 spiro atoms. The predicted octanol–water partition coefficient (Wildman–Crippen LogP) is 4.05. The van der Waals surface area contributed by atoms with Crippen molar-refractivity contribution in [1.29, 1.82) is 0 Å². The van der Waals surface area contributed by atoms with Gasteiger partial charge in [0.25, 0.3) is 0 Å². The summed E-state index contributed by atoms with van der Waals surface area (Å²) in [5, 5.41) is 7.09. The van der Waals surface area contributed by atoms with E-state index in [-0.39, 0.29) is 19.1 Å². The highest BCUT2D eigenvalue weighted by Crippen LogP contribution is 2.42. The first-order valence-electron chi connectivity index (χ1n) is 18.3. The third-order valence-corrected chi connectivity index (χ3v) is 11.4. The van der Waals surface area contributed by atoms with Gasteiger partial charge in [0.15, 0.2) is 5.82 Å². The third kappa shape index (κ3) is 7.94. The number of piperazine rings is 1. The number of urea groups is 1. The molecular weight excluding hydrogens is 720 g/mol. The van der Waals surface area contributed by atoms with Crippen molar-refractivity contribution in [3.8, 4) is 11.4 Å². The van der Waals surface area contributed by atoms with Gasteiger partial charge in [-0.25, -0.2) is 14.3 Å². The lowest BCUT2D eigenvalue weighted by Gasteiger charge is -2.51. The zero-order chi connectivity index (χ0) is 38.4. The highest BCUT2D eigenvalue weighted by Gasteiger charge is 2.43. The second-order valence-electron chi connectivity index (χ2n) is 14.7. The number of H-pyrrole nitrogens is 1. The summed E-state index contributed by atoms with van der Waals surface area (Å²) in [6, 6.07) is 7.99. The number of nitrogens with zero attached hydrogens (tertiary/aromatic N) is 6. The fourth-order valence-corrected chi connectivity index (χ4v) is 8.44. The van der Waals surface area contributed by atoms with Gasteiger partial charge in [-0.15, -0.1) is 5.10 Å². The molecule has 292 valence electrons. The molecule has 6 heterocycles. The molecule has 54 heavy (non-hydrogen) atoms. The molecular formula is C36H43F6N9O3. The smallest absolute Gasteiger partial charge is 0.398 e. The summed E-state index contributed by atoms with van der Waals surface area (Å²) in [5.41, 5.74) is 0.467. The monoisotopic (exact) mass is 763 g/mol. The van der Waals surface area contributed by atoms with Crippen molar-refractivity contribution >= 4 is 17.6 Å². The second kappa shape index (κ2) is 14.9. The molecule has 5 aliphatic rings. The quantitative estimate of drug-likeness (QED) is 0.244. The number of amides is 3. The van der Waals surface area contributed by atoms with Crippen LogP contribution in [-0.2, 0) is 23.6 Å². The van der Waals surface area contributed by atoms with Gasteiger partial charge in [-0.05, 0) is 62.4 Å². The van der Waals surface area contributed by atoms with Crippen LogP contribution >= 0.6 is 0 Å². The maximum atomic E-state index is 14.1. The molecule has 0 saturated carbocycles. The number of hydrogen-bond donors (Lipinski definition) is 3. The van der Waals surface area contributed by atoms with Crippen molar-refractivity contribution in [2.75, 3.05) is 64.6 Å². The Morgan fingerprint density at radius 3 is 2.02 bits per heavy atom. The van der Waals surface area contributed by atoms with E-state index < -0.39 is 64.8 Å². The van der Waals surface area contributed by atoms with Gasteiger partial charge in [-0.2, -0.15) is 26.3 Å². The lowest BCUT2D eigenvalue weighted by Crippen LogP contribution is -2.63. The topological polar surface area (TPSA) is 136 Å². The number of benzene rings is 2. The van der Waals surface area contributed by atoms with E-state index in [1.54, 1.807) is 0 Å². The maximum Gasteiger partial charge on any atom is 0.418 e. The second-order valence-corrected chi connectivity index (χ2v) is 14.7. The lowest BCUT2D eigenvalue weighted by atomic mass is 9.83. The average molecular weight is 764 g/mol. The van der Waals surface area contributed by atoms with E-state index >= 15 is 0 Å². The van der Waals surface area contributed by atoms with E-state index in [1.807, 2.05) is 30.3 Å². The van der Waals surface area contributed by atoms with Crippen molar-refractivity contribution < 1.29 is 35.9 Å². The summed E-state index contributed by atoms with van der Waals surface area (Å²) in [6.07, 6.45) is -8.11. The number of carbonyl (C=O) groups excluding carboxylic acids is 2. The molecule has 0 radical (unpaired) electrons. The Kier molecular flexibility index (Phi) is 10.4. The number of hydrogen-bond acceptors (Lipinski definition) is 7. The van der Waals surface area contributed by atoms with Crippen LogP contribution in [0.1, 0.15) is 48.4 Å². The highest BCUT2D eigenvalue weighted by atomic mass is 19.4. The van der Waals surface area contributed by atoms with Gasteiger partial charge in [-0.3, -0.25) is 14.7 Å². The number of anilines is 1. The molecule has 5 saturated heterocycles. The van der Waals surface area contributed by atoms with Gasteiger partial charge >= 0.3 is 24.1 Å². The molecule has 1 unspecified atom stereocenters. The van der Waals surface area contributed by atoms with E-state index in [2.05, 4.69) is 25.2 Å². The maximum absolute atomic E-state index is 14.1. The molecule has 2 bridgehead atoms. The van der Waals surface area contributed by atoms with Crippen LogP contribution in [-0.4, -0.2) is 117 Å². The molecule has 5 fully saturated rings. The van der Waals surface area contributed by atoms with Gasteiger partial charge < -0.3 is 25.8 Å². The van der Waals surface area contributed by atoms with Crippen LogP contribution in [0.2, 0.25) is 0 Å². The SMILES string of the molecule is Nc1c(C(F)(F)F)cc(C[C@@H](NC(=O)N2CCC(n3nc(-c4ccccc4)[nH]c3=O)CC2)C(=O)N2CCN(C3CN4CCC3CC4)CC2)cc1C(F)(F)F. The summed E-state index contributed by atoms with van der Waals surface area (Å²) in [6.45, 7) is 5.15. The molecule has 5 aliphatic heterocycles. The predicted molar refractivity (Wildman–Crippen MR) is 186 cm³/mol. The molecule has 8 rings (SSSR count). The van der Waals surface area contributed by atoms with Gasteiger partial charge in [-0.1, -0.05) is 30.3 Å². The van der Waals surface area contributed by atoms with Gasteiger partial charge in [0.2, 0.25) is 5.91 Å². The first-order valence-corrected chi connectivity index (χ1v) is 18.3. The number of alkyl halides is 6. The number of rotatable bonds is 7. The van der Waals surface area contributed by atoms with Crippen LogP contribution in [0.15, 0.2) is 47.3 Å². The van der Waals surface area contributed by atoms with Crippen molar-refractivity contribution in [3.05, 3.63) is 69.6 Å². The minimum atomic E-state index is -5.20. The fraction of sp³-hybridized carbons (Fsp3) is 0.556. The molecule has 4 N–H and O–H groups in total. The highest BCUT2D eigenvalue weighted by molar-refractivity contribution is 5.87. The van der Waals surface area contributed by atoms with Crippen LogP contribution in [0, 0.1) is 5.92 Å². The summed E-state index contributed by atoms with van der Waals surface area (Å²) in [7, 11) is 0. The fourth-order valence-electron chi connectivity index (χ4n) is 8.44. The lowest BCUT2D eigenvalue weighted by molar-refractivity contribution is -0.141. The summed E-state index contributed by atoms with van der Waals surface area (Å²) in [4.78, 5) is 51.0. The number of aromatic nitrogens is 3. The first kappa shape index (κ1) is 37.7. The minimum absolute atomic E-state index is 0.161. The summed E-state index contributed by atoms with van der Waals surface area (Å²) >= 11 is 0. The molecule has 12 nitrogen and oxygen atoms in total. The van der Waals surface area contributed by atoms with Crippen molar-refractivity contribution in [3.63, 3.8) is 0 Å². The summed E-state index contributed by atoms with van der Waals surface area (Å²) < 4.78 is 84.8. The summed E-state index contributed by atoms with van der Waals surface area (Å²) in [5.74, 6) is 0.376. The van der Waals surface area contributed by atoms with Crippen molar-refractivity contribution in [1.82, 2.24) is 39.7 Å². The van der Waals surface area contributed by atoms with E-state index in [0.29, 0.717) is 68.9 Å². The zero-order valence-electron chi connectivity index (χ0n) is 29.5. The number of fused-ring (bicyclic) bond motifs is 3. The van der Waals surface area contributed by atoms with E-state index in [0.717, 1.165) is 38.0 Å². The van der Waals surface area contributed by atoms with Crippen molar-refractivity contribution in [2.24, 2.45) is 5.92 Å². The normalized spacial score (nSPS) is 23.4. The molecule has 1 aromatic heterocycles. The Labute approximate surface area is 307 Å². The third-order valence-electron chi connectivity index (χ3n) is 11.4. The number of nitrogens with two attached hydrogens (primary N) is 1. The van der Waals surface area contributed by atoms with Crippen LogP contribution in [0.25, 0.3) is 11.4 Å². The number of carbonyl (C=O) groups is 2. The van der Waals surface area contributed by atoms with E-state index in [1.165, 1.54) is 14.5 Å². The van der Waals surface area contributed by atoms with Crippen LogP contribution in [0.3, 0.4) is 0 Å². The average Bonchev–Trinajstić information content (AvgIpc) is 3.56. The van der Waals surface area contributed by atoms with Crippen LogP contribution in [0.5, 0.6) is 0 Å². The standard InChI is InChI=1S/C36H43F6N9O3/c37-35(38,39)26-18-22(19-27(30(26)43)36(40,41)42)20-28(32(52)49-16-14-48(15-17-49)29-21-47-10-6-23(29)7-11-47)44-33(53)50-12-8-25(9-13-50)51-34(54)45-31(46-51)24-4-2-1-3-5-24/h1-5,18-19,23,25,28-29H,6-17,20-21,43H2,(H,44,53)(H,45,46,54)/t28-,29?/m1/s1. The number of piperidine rings is 4. The van der Waals surface area contributed by atoms with Gasteiger partial charge in [0.1, 0.15) is 6.04 Å². The molecule has 0 aliphatic carbocycles. The first-order chi connectivity index (χ1) is 25.7. The van der Waals surface area contributed by atoms with Gasteiger partial charge in [0.05, 0.1) is 22.9 Å². The number of aromatic amines is 1. The number of nitrogens with one attached hydrogen (secondary N) is 2. The number of likely N-dealkylation sites (tertiary alicyclic amines) is 1. The Morgan fingerprint density at radius 2 is 1.46 bits per heavy atom. The Balaban J connectivity index is 1.07. The molecule has 3 amide bonds. The van der Waals surface area contributed by atoms with Crippen molar-refractivity contribution in [2.45, 2.75) is 62.6 Å². The molecule has 3 aromatic rings. The number of halogens is 6. The zero-order valence-corrected chi connectivity index (χ0v) is 29.5. The Bertz CT molecular complexity index is 1840. The van der Waals surface area contributed by atoms with Crippen LogP contribution in [0.4, 0.5) is 36.8 Å². The Morgan fingerprint density at radius 1 is 0.852 bits per heavy atom. The minimum Gasteiger partial charge on any atom is -0.398 e. The number of nitrogen functional groups attached to an aromatic ring is 1. The molecule has 2 aromatic carbocycles. The molecule has 2 atom stereocenters. The van der Waals surface area contributed by atoms with E-state index in [9.17, 15) is 40.7 Å². The van der Waals surface area contributed by atoms with Gasteiger partial charge in [0, 0.05) is 63.8 Å². The Hall–Kier alpha value is -4.58. The van der Waals surface area contributed by atoms with Crippen LogP contribution < -0.4 is 16.7 Å². The molecule has 18 heteroatoms. The van der Waals surface area contributed by atoms with E-state index in [4.69, 9.17) is 5.73 Å². The largest absolute Gasteiger partial charge is 0.418 e.